The molecule has 1 aliphatic rings. The van der Waals surface area contributed by atoms with Crippen molar-refractivity contribution in [2.24, 2.45) is 5.92 Å². The van der Waals surface area contributed by atoms with Gasteiger partial charge in [0.25, 0.3) is 0 Å². The van der Waals surface area contributed by atoms with Crippen molar-refractivity contribution in [2.75, 3.05) is 5.75 Å². The number of hydrogen-bond acceptors (Lipinski definition) is 3. The molecule has 0 amide bonds. The zero-order chi connectivity index (χ0) is 18.8. The predicted molar refractivity (Wildman–Crippen MR) is 112 cm³/mol. The molecule has 3 aromatic rings. The molecular weight excluding hydrogens is 423 g/mol. The molecule has 140 valence electrons. The summed E-state index contributed by atoms with van der Waals surface area (Å²) in [5.41, 5.74) is 2.12. The maximum Gasteiger partial charge on any atom is 0.106 e. The second kappa shape index (κ2) is 8.46. The number of imidazole rings is 1. The summed E-state index contributed by atoms with van der Waals surface area (Å²) >= 11 is 20.5. The predicted octanol–water partition coefficient (Wildman–Crippen LogP) is 6.59. The van der Waals surface area contributed by atoms with Crippen molar-refractivity contribution < 1.29 is 4.74 Å². The van der Waals surface area contributed by atoms with Gasteiger partial charge in [0.05, 0.1) is 17.7 Å². The SMILES string of the molecule is Clc1ccc(CO[C@@H]2c3cc(Cl)cc(Cl)c3SC[C@@H]2Cc2ncc[nH]2)cc1. The third-order valence-electron chi connectivity index (χ3n) is 4.57. The highest BCUT2D eigenvalue weighted by molar-refractivity contribution is 7.99. The van der Waals surface area contributed by atoms with Crippen molar-refractivity contribution in [1.29, 1.82) is 0 Å². The van der Waals surface area contributed by atoms with E-state index in [4.69, 9.17) is 39.5 Å². The van der Waals surface area contributed by atoms with Crippen LogP contribution in [0.1, 0.15) is 23.1 Å². The Morgan fingerprint density at radius 1 is 1.11 bits per heavy atom. The molecule has 0 bridgehead atoms. The summed E-state index contributed by atoms with van der Waals surface area (Å²) in [5, 5.41) is 2.02. The molecule has 1 aliphatic heterocycles. The number of nitrogens with zero attached hydrogens (tertiary/aromatic N) is 1. The number of aromatic nitrogens is 2. The Morgan fingerprint density at radius 3 is 2.67 bits per heavy atom. The molecule has 1 aromatic heterocycles. The Balaban J connectivity index is 1.62. The maximum atomic E-state index is 6.44. The molecule has 3 nitrogen and oxygen atoms in total. The van der Waals surface area contributed by atoms with E-state index in [2.05, 4.69) is 9.97 Å². The number of benzene rings is 2. The molecule has 7 heteroatoms. The van der Waals surface area contributed by atoms with Gasteiger partial charge in [0, 0.05) is 45.4 Å². The number of ether oxygens (including phenoxy) is 1. The molecular formula is C20H17Cl3N2OS. The Bertz CT molecular complexity index is 916. The Morgan fingerprint density at radius 2 is 1.93 bits per heavy atom. The first-order valence-corrected chi connectivity index (χ1v) is 10.7. The van der Waals surface area contributed by atoms with E-state index in [1.54, 1.807) is 24.0 Å². The van der Waals surface area contributed by atoms with Gasteiger partial charge in [-0.2, -0.15) is 0 Å². The monoisotopic (exact) mass is 438 g/mol. The first-order chi connectivity index (χ1) is 13.1. The summed E-state index contributed by atoms with van der Waals surface area (Å²) in [5.74, 6) is 2.12. The van der Waals surface area contributed by atoms with Gasteiger partial charge in [-0.05, 0) is 35.4 Å². The van der Waals surface area contributed by atoms with Gasteiger partial charge >= 0.3 is 0 Å². The van der Waals surface area contributed by atoms with Crippen LogP contribution in [0.5, 0.6) is 0 Å². The zero-order valence-corrected chi connectivity index (χ0v) is 17.4. The van der Waals surface area contributed by atoms with Gasteiger partial charge in [0.1, 0.15) is 5.82 Å². The van der Waals surface area contributed by atoms with E-state index in [0.717, 1.165) is 34.0 Å². The van der Waals surface area contributed by atoms with Crippen molar-refractivity contribution >= 4 is 46.6 Å². The Hall–Kier alpha value is -1.17. The van der Waals surface area contributed by atoms with Crippen LogP contribution in [0.4, 0.5) is 0 Å². The van der Waals surface area contributed by atoms with E-state index in [9.17, 15) is 0 Å². The van der Waals surface area contributed by atoms with E-state index >= 15 is 0 Å². The van der Waals surface area contributed by atoms with Gasteiger partial charge in [0.2, 0.25) is 0 Å². The molecule has 2 heterocycles. The number of halogens is 3. The number of thioether (sulfide) groups is 1. The summed E-state index contributed by atoms with van der Waals surface area (Å²) in [7, 11) is 0. The normalized spacial score (nSPS) is 19.1. The lowest BCUT2D eigenvalue weighted by atomic mass is 9.93. The van der Waals surface area contributed by atoms with Crippen molar-refractivity contribution in [3.63, 3.8) is 0 Å². The second-order valence-electron chi connectivity index (χ2n) is 6.48. The zero-order valence-electron chi connectivity index (χ0n) is 14.3. The van der Waals surface area contributed by atoms with Crippen molar-refractivity contribution in [1.82, 2.24) is 9.97 Å². The standard InChI is InChI=1S/C20H17Cl3N2OS/c21-14-3-1-12(2-4-14)10-26-19-13(7-18-24-5-6-25-18)11-27-20-16(19)8-15(22)9-17(20)23/h1-6,8-9,13,19H,7,10-11H2,(H,24,25)/t13-,19-/m0/s1. The number of rotatable bonds is 5. The van der Waals surface area contributed by atoms with Gasteiger partial charge in [0.15, 0.2) is 0 Å². The van der Waals surface area contributed by atoms with Crippen LogP contribution < -0.4 is 0 Å². The summed E-state index contributed by atoms with van der Waals surface area (Å²) in [6, 6.07) is 11.5. The molecule has 0 radical (unpaired) electrons. The van der Waals surface area contributed by atoms with Crippen LogP contribution in [-0.4, -0.2) is 15.7 Å². The van der Waals surface area contributed by atoms with Gasteiger partial charge in [-0.25, -0.2) is 4.98 Å². The summed E-state index contributed by atoms with van der Waals surface area (Å²) in [4.78, 5) is 8.62. The van der Waals surface area contributed by atoms with E-state index < -0.39 is 0 Å². The van der Waals surface area contributed by atoms with E-state index in [1.165, 1.54) is 0 Å². The fraction of sp³-hybridized carbons (Fsp3) is 0.250. The summed E-state index contributed by atoms with van der Waals surface area (Å²) in [6.45, 7) is 0.491. The number of nitrogens with one attached hydrogen (secondary N) is 1. The average Bonchev–Trinajstić information content (AvgIpc) is 3.15. The largest absolute Gasteiger partial charge is 0.368 e. The van der Waals surface area contributed by atoms with Gasteiger partial charge in [-0.15, -0.1) is 11.8 Å². The fourth-order valence-electron chi connectivity index (χ4n) is 3.29. The van der Waals surface area contributed by atoms with Gasteiger partial charge < -0.3 is 9.72 Å². The lowest BCUT2D eigenvalue weighted by Crippen LogP contribution is -2.25. The molecule has 0 fully saturated rings. The molecule has 2 aromatic carbocycles. The minimum absolute atomic E-state index is 0.113. The van der Waals surface area contributed by atoms with Crippen LogP contribution in [0.3, 0.4) is 0 Å². The molecule has 0 unspecified atom stereocenters. The van der Waals surface area contributed by atoms with Crippen LogP contribution in [-0.2, 0) is 17.8 Å². The highest BCUT2D eigenvalue weighted by Crippen LogP contribution is 2.47. The number of fused-ring (bicyclic) bond motifs is 1. The highest BCUT2D eigenvalue weighted by atomic mass is 35.5. The molecule has 0 spiro atoms. The third-order valence-corrected chi connectivity index (χ3v) is 6.79. The molecule has 1 N–H and O–H groups in total. The molecule has 4 rings (SSSR count). The fourth-order valence-corrected chi connectivity index (χ4v) is 5.30. The number of aromatic amines is 1. The van der Waals surface area contributed by atoms with Crippen molar-refractivity contribution in [3.05, 3.63) is 80.8 Å². The van der Waals surface area contributed by atoms with Crippen LogP contribution in [0.15, 0.2) is 53.7 Å². The molecule has 0 saturated heterocycles. The van der Waals surface area contributed by atoms with E-state index in [-0.39, 0.29) is 12.0 Å². The number of H-pyrrole nitrogens is 1. The van der Waals surface area contributed by atoms with Crippen LogP contribution >= 0.6 is 46.6 Å². The van der Waals surface area contributed by atoms with Crippen LogP contribution in [0.25, 0.3) is 0 Å². The van der Waals surface area contributed by atoms with E-state index in [0.29, 0.717) is 21.7 Å². The lowest BCUT2D eigenvalue weighted by molar-refractivity contribution is 0.00176. The molecule has 27 heavy (non-hydrogen) atoms. The Kier molecular flexibility index (Phi) is 6.00. The van der Waals surface area contributed by atoms with Crippen molar-refractivity contribution in [2.45, 2.75) is 24.0 Å². The number of hydrogen-bond donors (Lipinski definition) is 1. The van der Waals surface area contributed by atoms with E-state index in [1.807, 2.05) is 36.5 Å². The second-order valence-corrected chi connectivity index (χ2v) is 8.79. The Labute approximate surface area is 177 Å². The van der Waals surface area contributed by atoms with Gasteiger partial charge in [-0.3, -0.25) is 0 Å². The molecule has 2 atom stereocenters. The van der Waals surface area contributed by atoms with Crippen molar-refractivity contribution in [3.8, 4) is 0 Å². The van der Waals surface area contributed by atoms with Crippen LogP contribution in [0, 0.1) is 5.92 Å². The summed E-state index contributed by atoms with van der Waals surface area (Å²) in [6.07, 6.45) is 4.31. The molecule has 0 aliphatic carbocycles. The van der Waals surface area contributed by atoms with Gasteiger partial charge in [-0.1, -0.05) is 46.9 Å². The topological polar surface area (TPSA) is 37.9 Å². The minimum Gasteiger partial charge on any atom is -0.368 e. The minimum atomic E-state index is -0.113. The first-order valence-electron chi connectivity index (χ1n) is 8.56. The first kappa shape index (κ1) is 19.2. The smallest absolute Gasteiger partial charge is 0.106 e. The quantitative estimate of drug-likeness (QED) is 0.487. The maximum absolute atomic E-state index is 6.44. The highest BCUT2D eigenvalue weighted by Gasteiger charge is 2.33. The summed E-state index contributed by atoms with van der Waals surface area (Å²) < 4.78 is 6.39. The van der Waals surface area contributed by atoms with Crippen LogP contribution in [0.2, 0.25) is 15.1 Å². The average molecular weight is 440 g/mol. The lowest BCUT2D eigenvalue weighted by Gasteiger charge is -2.33. The molecule has 0 saturated carbocycles. The third kappa shape index (κ3) is 4.47.